The zero-order chi connectivity index (χ0) is 16.2. The minimum Gasteiger partial charge on any atom is -0.315 e. The van der Waals surface area contributed by atoms with Gasteiger partial charge in [0.25, 0.3) is 0 Å². The highest BCUT2D eigenvalue weighted by Gasteiger charge is 2.26. The van der Waals surface area contributed by atoms with Gasteiger partial charge in [-0.05, 0) is 49.6 Å². The second kappa shape index (κ2) is 7.61. The first-order valence-electron chi connectivity index (χ1n) is 8.43. The van der Waals surface area contributed by atoms with Crippen molar-refractivity contribution in [1.82, 2.24) is 10.2 Å². The SMILES string of the molecule is Cc1ccc(C)c(C(c2ccccc2Br)N2CCCNCC2)c1. The fourth-order valence-corrected chi connectivity index (χ4v) is 3.94. The van der Waals surface area contributed by atoms with Crippen LogP contribution in [0.2, 0.25) is 0 Å². The molecule has 2 aromatic carbocycles. The van der Waals surface area contributed by atoms with E-state index in [1.54, 1.807) is 0 Å². The summed E-state index contributed by atoms with van der Waals surface area (Å²) in [5, 5.41) is 3.52. The van der Waals surface area contributed by atoms with Crippen molar-refractivity contribution in [2.75, 3.05) is 26.2 Å². The third kappa shape index (κ3) is 3.85. The number of rotatable bonds is 3. The van der Waals surface area contributed by atoms with Crippen LogP contribution < -0.4 is 5.32 Å². The van der Waals surface area contributed by atoms with Gasteiger partial charge in [0.1, 0.15) is 0 Å². The zero-order valence-electron chi connectivity index (χ0n) is 14.0. The molecule has 0 saturated carbocycles. The molecule has 0 radical (unpaired) electrons. The van der Waals surface area contributed by atoms with E-state index in [9.17, 15) is 0 Å². The molecule has 0 bridgehead atoms. The lowest BCUT2D eigenvalue weighted by molar-refractivity contribution is 0.240. The summed E-state index contributed by atoms with van der Waals surface area (Å²) in [5.74, 6) is 0. The van der Waals surface area contributed by atoms with E-state index in [2.05, 4.69) is 82.5 Å². The van der Waals surface area contributed by atoms with Crippen LogP contribution in [-0.4, -0.2) is 31.1 Å². The highest BCUT2D eigenvalue weighted by molar-refractivity contribution is 9.10. The Labute approximate surface area is 148 Å². The van der Waals surface area contributed by atoms with Gasteiger partial charge >= 0.3 is 0 Å². The van der Waals surface area contributed by atoms with E-state index in [-0.39, 0.29) is 0 Å². The Hall–Kier alpha value is -1.16. The first-order valence-corrected chi connectivity index (χ1v) is 9.22. The highest BCUT2D eigenvalue weighted by atomic mass is 79.9. The fourth-order valence-electron chi connectivity index (χ4n) is 3.44. The average Bonchev–Trinajstić information content (AvgIpc) is 2.82. The Morgan fingerprint density at radius 3 is 2.65 bits per heavy atom. The Balaban J connectivity index is 2.09. The third-order valence-electron chi connectivity index (χ3n) is 4.67. The van der Waals surface area contributed by atoms with Gasteiger partial charge in [-0.1, -0.05) is 57.9 Å². The third-order valence-corrected chi connectivity index (χ3v) is 5.39. The Morgan fingerprint density at radius 1 is 1.00 bits per heavy atom. The van der Waals surface area contributed by atoms with Crippen LogP contribution in [0.25, 0.3) is 0 Å². The Bertz CT molecular complexity index is 660. The summed E-state index contributed by atoms with van der Waals surface area (Å²) in [5.41, 5.74) is 5.49. The number of halogens is 1. The Kier molecular flexibility index (Phi) is 5.52. The van der Waals surface area contributed by atoms with Crippen molar-refractivity contribution >= 4 is 15.9 Å². The van der Waals surface area contributed by atoms with Gasteiger partial charge in [0.05, 0.1) is 6.04 Å². The predicted octanol–water partition coefficient (Wildman–Crippen LogP) is 4.45. The molecule has 1 fully saturated rings. The molecule has 1 unspecified atom stereocenters. The van der Waals surface area contributed by atoms with Crippen molar-refractivity contribution in [2.45, 2.75) is 26.3 Å². The number of aryl methyl sites for hydroxylation is 2. The average molecular weight is 373 g/mol. The molecule has 122 valence electrons. The van der Waals surface area contributed by atoms with Gasteiger partial charge in [-0.25, -0.2) is 0 Å². The Morgan fingerprint density at radius 2 is 1.83 bits per heavy atom. The van der Waals surface area contributed by atoms with Gasteiger partial charge in [0.2, 0.25) is 0 Å². The molecule has 1 aliphatic rings. The van der Waals surface area contributed by atoms with E-state index in [1.807, 2.05) is 0 Å². The molecule has 0 spiro atoms. The van der Waals surface area contributed by atoms with Crippen LogP contribution >= 0.6 is 15.9 Å². The summed E-state index contributed by atoms with van der Waals surface area (Å²) < 4.78 is 1.20. The molecule has 1 heterocycles. The van der Waals surface area contributed by atoms with Crippen molar-refractivity contribution in [3.8, 4) is 0 Å². The van der Waals surface area contributed by atoms with E-state index < -0.39 is 0 Å². The second-order valence-corrected chi connectivity index (χ2v) is 7.28. The molecule has 1 N–H and O–H groups in total. The highest BCUT2D eigenvalue weighted by Crippen LogP contribution is 2.35. The van der Waals surface area contributed by atoms with Gasteiger partial charge in [-0.2, -0.15) is 0 Å². The number of benzene rings is 2. The van der Waals surface area contributed by atoms with Crippen LogP contribution in [0.15, 0.2) is 46.9 Å². The molecule has 0 aromatic heterocycles. The molecular weight excluding hydrogens is 348 g/mol. The molecule has 3 heteroatoms. The molecule has 1 aliphatic heterocycles. The molecule has 23 heavy (non-hydrogen) atoms. The van der Waals surface area contributed by atoms with Gasteiger partial charge in [0.15, 0.2) is 0 Å². The molecule has 0 aliphatic carbocycles. The van der Waals surface area contributed by atoms with Crippen molar-refractivity contribution < 1.29 is 0 Å². The molecule has 2 nitrogen and oxygen atoms in total. The topological polar surface area (TPSA) is 15.3 Å². The lowest BCUT2D eigenvalue weighted by Crippen LogP contribution is -2.33. The molecule has 0 amide bonds. The van der Waals surface area contributed by atoms with Crippen LogP contribution in [0.3, 0.4) is 0 Å². The summed E-state index contributed by atoms with van der Waals surface area (Å²) >= 11 is 3.78. The largest absolute Gasteiger partial charge is 0.315 e. The maximum Gasteiger partial charge on any atom is 0.0616 e. The second-order valence-electron chi connectivity index (χ2n) is 6.42. The zero-order valence-corrected chi connectivity index (χ0v) is 15.6. The van der Waals surface area contributed by atoms with E-state index in [0.717, 1.165) is 26.2 Å². The summed E-state index contributed by atoms with van der Waals surface area (Å²) in [6, 6.07) is 15.8. The summed E-state index contributed by atoms with van der Waals surface area (Å²) in [7, 11) is 0. The monoisotopic (exact) mass is 372 g/mol. The van der Waals surface area contributed by atoms with Gasteiger partial charge < -0.3 is 5.32 Å². The van der Waals surface area contributed by atoms with Gasteiger partial charge in [-0.15, -0.1) is 0 Å². The molecule has 1 atom stereocenters. The first-order chi connectivity index (χ1) is 11.2. The van der Waals surface area contributed by atoms with Crippen molar-refractivity contribution in [3.05, 3.63) is 69.2 Å². The maximum atomic E-state index is 3.78. The van der Waals surface area contributed by atoms with Crippen LogP contribution in [-0.2, 0) is 0 Å². The summed E-state index contributed by atoms with van der Waals surface area (Å²) in [4.78, 5) is 2.63. The fraction of sp³-hybridized carbons (Fsp3) is 0.400. The minimum atomic E-state index is 0.311. The maximum absolute atomic E-state index is 3.78. The van der Waals surface area contributed by atoms with E-state index in [4.69, 9.17) is 0 Å². The van der Waals surface area contributed by atoms with Gasteiger partial charge in [-0.3, -0.25) is 4.90 Å². The predicted molar refractivity (Wildman–Crippen MR) is 101 cm³/mol. The lowest BCUT2D eigenvalue weighted by Gasteiger charge is -2.33. The van der Waals surface area contributed by atoms with Crippen molar-refractivity contribution in [2.24, 2.45) is 0 Å². The molecule has 1 saturated heterocycles. The van der Waals surface area contributed by atoms with E-state index >= 15 is 0 Å². The summed E-state index contributed by atoms with van der Waals surface area (Å²) in [6.07, 6.45) is 1.20. The van der Waals surface area contributed by atoms with E-state index in [1.165, 1.54) is 33.1 Å². The minimum absolute atomic E-state index is 0.311. The van der Waals surface area contributed by atoms with Crippen LogP contribution in [0, 0.1) is 13.8 Å². The lowest BCUT2D eigenvalue weighted by atomic mass is 9.92. The first kappa shape index (κ1) is 16.7. The number of nitrogens with zero attached hydrogens (tertiary/aromatic N) is 1. The number of hydrogen-bond acceptors (Lipinski definition) is 2. The molecular formula is C20H25BrN2. The number of nitrogens with one attached hydrogen (secondary N) is 1. The van der Waals surface area contributed by atoms with Crippen LogP contribution in [0.1, 0.15) is 34.7 Å². The normalized spacial score (nSPS) is 17.7. The quantitative estimate of drug-likeness (QED) is 0.855. The van der Waals surface area contributed by atoms with Crippen molar-refractivity contribution in [1.29, 1.82) is 0 Å². The smallest absolute Gasteiger partial charge is 0.0616 e. The van der Waals surface area contributed by atoms with Crippen molar-refractivity contribution in [3.63, 3.8) is 0 Å². The number of hydrogen-bond donors (Lipinski definition) is 1. The van der Waals surface area contributed by atoms with Gasteiger partial charge in [0, 0.05) is 24.1 Å². The molecule has 3 rings (SSSR count). The van der Waals surface area contributed by atoms with Crippen LogP contribution in [0.4, 0.5) is 0 Å². The summed E-state index contributed by atoms with van der Waals surface area (Å²) in [6.45, 7) is 8.81. The van der Waals surface area contributed by atoms with Crippen LogP contribution in [0.5, 0.6) is 0 Å². The molecule has 2 aromatic rings. The standard InChI is InChI=1S/C20H25BrN2/c1-15-8-9-16(2)18(14-15)20(17-6-3-4-7-19(17)21)23-12-5-10-22-11-13-23/h3-4,6-9,14,20,22H,5,10-13H2,1-2H3. The van der Waals surface area contributed by atoms with E-state index in [0.29, 0.717) is 6.04 Å².